The number of hydrogen-bond acceptors (Lipinski definition) is 3. The van der Waals surface area contributed by atoms with Crippen LogP contribution in [0.25, 0.3) is 0 Å². The molecule has 1 fully saturated rings. The summed E-state index contributed by atoms with van der Waals surface area (Å²) in [5.41, 5.74) is -0.882. The van der Waals surface area contributed by atoms with Crippen LogP contribution in [0.4, 0.5) is 0 Å². The minimum atomic E-state index is -0.882. The molecule has 2 unspecified atom stereocenters. The van der Waals surface area contributed by atoms with E-state index in [1.165, 1.54) is 0 Å². The van der Waals surface area contributed by atoms with Gasteiger partial charge < -0.3 is 15.2 Å². The van der Waals surface area contributed by atoms with Gasteiger partial charge in [-0.05, 0) is 12.8 Å². The van der Waals surface area contributed by atoms with Gasteiger partial charge in [-0.15, -0.1) is 0 Å². The highest BCUT2D eigenvalue weighted by molar-refractivity contribution is 5.76. The normalized spacial score (nSPS) is 30.9. The van der Waals surface area contributed by atoms with Crippen molar-refractivity contribution in [1.82, 2.24) is 5.32 Å². The fourth-order valence-electron chi connectivity index (χ4n) is 1.70. The number of amides is 1. The zero-order valence-corrected chi connectivity index (χ0v) is 9.75. The predicted octanol–water partition coefficient (Wildman–Crippen LogP) is 0.689. The predicted molar refractivity (Wildman–Crippen MR) is 57.4 cm³/mol. The van der Waals surface area contributed by atoms with Crippen LogP contribution in [0.3, 0.4) is 0 Å². The van der Waals surface area contributed by atoms with Crippen LogP contribution in [0.15, 0.2) is 0 Å². The molecule has 1 aliphatic heterocycles. The molecule has 0 aliphatic carbocycles. The van der Waals surface area contributed by atoms with Crippen LogP contribution in [0, 0.1) is 5.92 Å². The highest BCUT2D eigenvalue weighted by Crippen LogP contribution is 2.24. The van der Waals surface area contributed by atoms with Crippen LogP contribution >= 0.6 is 0 Å². The van der Waals surface area contributed by atoms with E-state index in [1.54, 1.807) is 0 Å². The molecular formula is C11H21NO3. The summed E-state index contributed by atoms with van der Waals surface area (Å²) in [6, 6.07) is 0. The number of aliphatic hydroxyl groups is 1. The molecule has 0 saturated carbocycles. The van der Waals surface area contributed by atoms with Crippen LogP contribution in [0.1, 0.15) is 33.6 Å². The van der Waals surface area contributed by atoms with Crippen molar-refractivity contribution < 1.29 is 14.6 Å². The first-order valence-electron chi connectivity index (χ1n) is 5.55. The van der Waals surface area contributed by atoms with E-state index in [1.807, 2.05) is 20.8 Å². The quantitative estimate of drug-likeness (QED) is 0.725. The van der Waals surface area contributed by atoms with Gasteiger partial charge in [0.2, 0.25) is 5.91 Å². The van der Waals surface area contributed by atoms with E-state index in [-0.39, 0.29) is 12.0 Å². The summed E-state index contributed by atoms with van der Waals surface area (Å²) in [6.07, 6.45) is 0.901. The molecular weight excluding hydrogens is 194 g/mol. The molecule has 2 atom stereocenters. The molecule has 0 aromatic heterocycles. The number of carbonyl (C=O) groups excluding carboxylic acids is 1. The topological polar surface area (TPSA) is 58.6 Å². The minimum Gasteiger partial charge on any atom is -0.385 e. The number of rotatable bonds is 4. The monoisotopic (exact) mass is 215 g/mol. The Morgan fingerprint density at radius 3 is 2.80 bits per heavy atom. The van der Waals surface area contributed by atoms with Gasteiger partial charge in [0.25, 0.3) is 0 Å². The van der Waals surface area contributed by atoms with Crippen LogP contribution in [0.2, 0.25) is 0 Å². The van der Waals surface area contributed by atoms with Gasteiger partial charge in [-0.25, -0.2) is 0 Å². The lowest BCUT2D eigenvalue weighted by Crippen LogP contribution is -2.47. The SMILES string of the molecule is CC(C)CC(=O)NCC1(O)CCOC1C. The second-order valence-corrected chi connectivity index (χ2v) is 4.74. The van der Waals surface area contributed by atoms with E-state index in [0.29, 0.717) is 31.9 Å². The van der Waals surface area contributed by atoms with Crippen molar-refractivity contribution in [3.8, 4) is 0 Å². The number of hydrogen-bond donors (Lipinski definition) is 2. The van der Waals surface area contributed by atoms with Gasteiger partial charge in [0.05, 0.1) is 6.10 Å². The number of ether oxygens (including phenoxy) is 1. The summed E-state index contributed by atoms with van der Waals surface area (Å²) >= 11 is 0. The molecule has 0 radical (unpaired) electrons. The van der Waals surface area contributed by atoms with Crippen molar-refractivity contribution in [2.24, 2.45) is 5.92 Å². The van der Waals surface area contributed by atoms with E-state index in [0.717, 1.165) is 0 Å². The third-order valence-corrected chi connectivity index (χ3v) is 2.84. The van der Waals surface area contributed by atoms with Crippen LogP contribution in [0.5, 0.6) is 0 Å². The maximum absolute atomic E-state index is 11.4. The third-order valence-electron chi connectivity index (χ3n) is 2.84. The molecule has 1 amide bonds. The molecule has 4 nitrogen and oxygen atoms in total. The standard InChI is InChI=1S/C11H21NO3/c1-8(2)6-10(13)12-7-11(14)4-5-15-9(11)3/h8-9,14H,4-7H2,1-3H3,(H,12,13). The first kappa shape index (κ1) is 12.5. The first-order chi connectivity index (χ1) is 6.94. The van der Waals surface area contributed by atoms with E-state index >= 15 is 0 Å². The second kappa shape index (κ2) is 4.94. The zero-order valence-electron chi connectivity index (χ0n) is 9.75. The van der Waals surface area contributed by atoms with Gasteiger partial charge >= 0.3 is 0 Å². The Hall–Kier alpha value is -0.610. The Kier molecular flexibility index (Phi) is 4.11. The molecule has 0 bridgehead atoms. The Bertz CT molecular complexity index is 230. The molecule has 1 heterocycles. The van der Waals surface area contributed by atoms with Gasteiger partial charge in [0.1, 0.15) is 5.60 Å². The summed E-state index contributed by atoms with van der Waals surface area (Å²) in [6.45, 7) is 6.68. The molecule has 88 valence electrons. The van der Waals surface area contributed by atoms with Crippen LogP contribution in [-0.2, 0) is 9.53 Å². The lowest BCUT2D eigenvalue weighted by molar-refractivity contribution is -0.123. The Labute approximate surface area is 91.0 Å². The van der Waals surface area contributed by atoms with Crippen molar-refractivity contribution in [3.05, 3.63) is 0 Å². The summed E-state index contributed by atoms with van der Waals surface area (Å²) in [7, 11) is 0. The van der Waals surface area contributed by atoms with Crippen molar-refractivity contribution in [2.75, 3.05) is 13.2 Å². The fourth-order valence-corrected chi connectivity index (χ4v) is 1.70. The summed E-state index contributed by atoms with van der Waals surface area (Å²) < 4.78 is 5.28. The van der Waals surface area contributed by atoms with E-state index in [4.69, 9.17) is 4.74 Å². The van der Waals surface area contributed by atoms with Gasteiger partial charge in [-0.2, -0.15) is 0 Å². The Morgan fingerprint density at radius 1 is 1.67 bits per heavy atom. The zero-order chi connectivity index (χ0) is 11.5. The molecule has 1 aliphatic rings. The third kappa shape index (κ3) is 3.47. The maximum Gasteiger partial charge on any atom is 0.220 e. The Balaban J connectivity index is 2.33. The van der Waals surface area contributed by atoms with Crippen molar-refractivity contribution in [3.63, 3.8) is 0 Å². The lowest BCUT2D eigenvalue weighted by atomic mass is 9.96. The van der Waals surface area contributed by atoms with Gasteiger partial charge in [-0.1, -0.05) is 13.8 Å². The van der Waals surface area contributed by atoms with Gasteiger partial charge in [0, 0.05) is 26.0 Å². The van der Waals surface area contributed by atoms with Crippen molar-refractivity contribution >= 4 is 5.91 Å². The van der Waals surface area contributed by atoms with Crippen LogP contribution < -0.4 is 5.32 Å². The molecule has 1 rings (SSSR count). The van der Waals surface area contributed by atoms with Gasteiger partial charge in [-0.3, -0.25) is 4.79 Å². The molecule has 2 N–H and O–H groups in total. The minimum absolute atomic E-state index is 0.00229. The summed E-state index contributed by atoms with van der Waals surface area (Å²) in [4.78, 5) is 11.4. The highest BCUT2D eigenvalue weighted by Gasteiger charge is 2.39. The largest absolute Gasteiger partial charge is 0.385 e. The average molecular weight is 215 g/mol. The van der Waals surface area contributed by atoms with Crippen molar-refractivity contribution in [2.45, 2.75) is 45.3 Å². The summed E-state index contributed by atoms with van der Waals surface area (Å²) in [5.74, 6) is 0.342. The molecule has 0 aromatic rings. The van der Waals surface area contributed by atoms with Crippen LogP contribution in [-0.4, -0.2) is 35.9 Å². The molecule has 1 saturated heterocycles. The maximum atomic E-state index is 11.4. The fraction of sp³-hybridized carbons (Fsp3) is 0.909. The number of carbonyl (C=O) groups is 1. The van der Waals surface area contributed by atoms with Crippen molar-refractivity contribution in [1.29, 1.82) is 0 Å². The molecule has 0 aromatic carbocycles. The van der Waals surface area contributed by atoms with E-state index in [9.17, 15) is 9.90 Å². The lowest BCUT2D eigenvalue weighted by Gasteiger charge is -2.26. The molecule has 4 heteroatoms. The van der Waals surface area contributed by atoms with E-state index < -0.39 is 5.60 Å². The summed E-state index contributed by atoms with van der Waals surface area (Å²) in [5, 5.41) is 12.9. The molecule has 15 heavy (non-hydrogen) atoms. The Morgan fingerprint density at radius 2 is 2.33 bits per heavy atom. The first-order valence-corrected chi connectivity index (χ1v) is 5.55. The van der Waals surface area contributed by atoms with Gasteiger partial charge in [0.15, 0.2) is 0 Å². The van der Waals surface area contributed by atoms with E-state index in [2.05, 4.69) is 5.32 Å². The average Bonchev–Trinajstić information content (AvgIpc) is 2.44. The smallest absolute Gasteiger partial charge is 0.220 e. The second-order valence-electron chi connectivity index (χ2n) is 4.74. The number of nitrogens with one attached hydrogen (secondary N) is 1. The molecule has 0 spiro atoms. The highest BCUT2D eigenvalue weighted by atomic mass is 16.5.